The summed E-state index contributed by atoms with van der Waals surface area (Å²) in [4.78, 5) is 11.0. The van der Waals surface area contributed by atoms with Gasteiger partial charge in [-0.2, -0.15) is 0 Å². The quantitative estimate of drug-likeness (QED) is 0.868. The van der Waals surface area contributed by atoms with Gasteiger partial charge in [-0.1, -0.05) is 18.2 Å². The van der Waals surface area contributed by atoms with E-state index in [4.69, 9.17) is 9.47 Å². The van der Waals surface area contributed by atoms with Crippen LogP contribution < -0.4 is 4.74 Å². The smallest absolute Gasteiger partial charge is 0.159 e. The van der Waals surface area contributed by atoms with Gasteiger partial charge in [0.2, 0.25) is 0 Å². The molecule has 2 aromatic rings. The highest BCUT2D eigenvalue weighted by Gasteiger charge is 2.10. The molecular weight excluding hydrogens is 294 g/mol. The maximum Gasteiger partial charge on any atom is 0.159 e. The Morgan fingerprint density at radius 2 is 1.96 bits per heavy atom. The number of benzene rings is 1. The molecule has 1 saturated heterocycles. The molecule has 3 rings (SSSR count). The van der Waals surface area contributed by atoms with Crippen LogP contribution in [0.3, 0.4) is 0 Å². The molecule has 1 aliphatic heterocycles. The average molecular weight is 315 g/mol. The summed E-state index contributed by atoms with van der Waals surface area (Å²) in [6, 6.07) is 7.56. The highest BCUT2D eigenvalue weighted by molar-refractivity contribution is 5.55. The van der Waals surface area contributed by atoms with Crippen molar-refractivity contribution >= 4 is 0 Å². The summed E-state index contributed by atoms with van der Waals surface area (Å²) in [5, 5.41) is 9.19. The van der Waals surface area contributed by atoms with Gasteiger partial charge in [-0.3, -0.25) is 4.90 Å². The molecule has 122 valence electrons. The number of ether oxygens (including phenoxy) is 2. The van der Waals surface area contributed by atoms with Gasteiger partial charge in [0.1, 0.15) is 6.61 Å². The Kier molecular flexibility index (Phi) is 5.52. The molecule has 0 amide bonds. The minimum absolute atomic E-state index is 0.0105. The van der Waals surface area contributed by atoms with Gasteiger partial charge >= 0.3 is 0 Å². The fraction of sp³-hybridized carbons (Fsp3) is 0.412. The molecule has 0 saturated carbocycles. The second-order valence-electron chi connectivity index (χ2n) is 5.40. The molecule has 1 aromatic carbocycles. The van der Waals surface area contributed by atoms with Gasteiger partial charge in [0.05, 0.1) is 32.2 Å². The number of hydrogen-bond donors (Lipinski definition) is 1. The largest absolute Gasteiger partial charge is 0.489 e. The molecule has 0 unspecified atom stereocenters. The lowest BCUT2D eigenvalue weighted by atomic mass is 10.1. The van der Waals surface area contributed by atoms with Crippen molar-refractivity contribution in [2.45, 2.75) is 6.61 Å². The standard InChI is InChI=1S/C17H21N3O3/c21-13-14-2-1-3-15(10-14)17-18-11-16(12-19-17)23-9-6-20-4-7-22-8-5-20/h1-3,10-12,21H,4-9,13H2. The van der Waals surface area contributed by atoms with E-state index in [2.05, 4.69) is 14.9 Å². The maximum atomic E-state index is 9.19. The van der Waals surface area contributed by atoms with Crippen molar-refractivity contribution in [3.63, 3.8) is 0 Å². The van der Waals surface area contributed by atoms with E-state index >= 15 is 0 Å². The Labute approximate surface area is 135 Å². The number of aliphatic hydroxyl groups excluding tert-OH is 1. The lowest BCUT2D eigenvalue weighted by molar-refractivity contribution is 0.0322. The van der Waals surface area contributed by atoms with Crippen molar-refractivity contribution in [3.05, 3.63) is 42.2 Å². The van der Waals surface area contributed by atoms with Gasteiger partial charge in [-0.15, -0.1) is 0 Å². The Hall–Kier alpha value is -2.02. The van der Waals surface area contributed by atoms with Crippen molar-refractivity contribution in [2.75, 3.05) is 39.5 Å². The van der Waals surface area contributed by atoms with Gasteiger partial charge in [-0.25, -0.2) is 9.97 Å². The Morgan fingerprint density at radius 1 is 1.17 bits per heavy atom. The van der Waals surface area contributed by atoms with Crippen LogP contribution >= 0.6 is 0 Å². The molecule has 0 atom stereocenters. The van der Waals surface area contributed by atoms with E-state index in [-0.39, 0.29) is 6.61 Å². The molecule has 6 nitrogen and oxygen atoms in total. The topological polar surface area (TPSA) is 67.7 Å². The second kappa shape index (κ2) is 8.01. The Bertz CT molecular complexity index is 613. The Balaban J connectivity index is 1.54. The summed E-state index contributed by atoms with van der Waals surface area (Å²) >= 11 is 0. The minimum atomic E-state index is 0.0105. The number of morpholine rings is 1. The molecule has 0 aliphatic carbocycles. The molecular formula is C17H21N3O3. The monoisotopic (exact) mass is 315 g/mol. The van der Waals surface area contributed by atoms with Crippen molar-refractivity contribution < 1.29 is 14.6 Å². The fourth-order valence-corrected chi connectivity index (χ4v) is 2.47. The summed E-state index contributed by atoms with van der Waals surface area (Å²) in [6.07, 6.45) is 3.38. The number of aromatic nitrogens is 2. The van der Waals surface area contributed by atoms with Gasteiger partial charge in [0, 0.05) is 25.2 Å². The van der Waals surface area contributed by atoms with Gasteiger partial charge < -0.3 is 14.6 Å². The SMILES string of the molecule is OCc1cccc(-c2ncc(OCCN3CCOCC3)cn2)c1. The van der Waals surface area contributed by atoms with Gasteiger partial charge in [0.15, 0.2) is 11.6 Å². The first-order valence-corrected chi connectivity index (χ1v) is 7.80. The van der Waals surface area contributed by atoms with E-state index in [1.54, 1.807) is 12.4 Å². The first-order valence-electron chi connectivity index (χ1n) is 7.80. The number of nitrogens with zero attached hydrogens (tertiary/aromatic N) is 3. The predicted octanol–water partition coefficient (Wildman–Crippen LogP) is 1.35. The summed E-state index contributed by atoms with van der Waals surface area (Å²) in [5.41, 5.74) is 1.73. The second-order valence-corrected chi connectivity index (χ2v) is 5.40. The van der Waals surface area contributed by atoms with E-state index in [1.807, 2.05) is 24.3 Å². The van der Waals surface area contributed by atoms with Crippen molar-refractivity contribution in [1.82, 2.24) is 14.9 Å². The third-order valence-corrected chi connectivity index (χ3v) is 3.78. The first-order chi connectivity index (χ1) is 11.3. The summed E-state index contributed by atoms with van der Waals surface area (Å²) in [5.74, 6) is 1.29. The number of rotatable bonds is 6. The summed E-state index contributed by atoms with van der Waals surface area (Å²) in [6.45, 7) is 5.01. The third-order valence-electron chi connectivity index (χ3n) is 3.78. The van der Waals surface area contributed by atoms with E-state index in [1.165, 1.54) is 0 Å². The zero-order chi connectivity index (χ0) is 15.9. The van der Waals surface area contributed by atoms with E-state index in [0.717, 1.165) is 44.0 Å². The van der Waals surface area contributed by atoms with Crippen LogP contribution in [0.2, 0.25) is 0 Å². The molecule has 0 radical (unpaired) electrons. The highest BCUT2D eigenvalue weighted by atomic mass is 16.5. The Morgan fingerprint density at radius 3 is 2.70 bits per heavy atom. The van der Waals surface area contributed by atoms with Crippen LogP contribution in [-0.2, 0) is 11.3 Å². The zero-order valence-electron chi connectivity index (χ0n) is 13.0. The molecule has 1 fully saturated rings. The van der Waals surface area contributed by atoms with Crippen LogP contribution in [0.15, 0.2) is 36.7 Å². The lowest BCUT2D eigenvalue weighted by Gasteiger charge is -2.26. The number of hydrogen-bond acceptors (Lipinski definition) is 6. The summed E-state index contributed by atoms with van der Waals surface area (Å²) < 4.78 is 11.0. The highest BCUT2D eigenvalue weighted by Crippen LogP contribution is 2.18. The molecule has 6 heteroatoms. The van der Waals surface area contributed by atoms with Crippen LogP contribution in [0.5, 0.6) is 5.75 Å². The molecule has 0 bridgehead atoms. The van der Waals surface area contributed by atoms with Crippen molar-refractivity contribution in [1.29, 1.82) is 0 Å². The maximum absolute atomic E-state index is 9.19. The van der Waals surface area contributed by atoms with Crippen LogP contribution in [0, 0.1) is 0 Å². The summed E-state index contributed by atoms with van der Waals surface area (Å²) in [7, 11) is 0. The van der Waals surface area contributed by atoms with E-state index < -0.39 is 0 Å². The molecule has 2 heterocycles. The first kappa shape index (κ1) is 15.9. The molecule has 1 aliphatic rings. The lowest BCUT2D eigenvalue weighted by Crippen LogP contribution is -2.38. The van der Waals surface area contributed by atoms with Crippen molar-refractivity contribution in [2.24, 2.45) is 0 Å². The van der Waals surface area contributed by atoms with Gasteiger partial charge in [0.25, 0.3) is 0 Å². The van der Waals surface area contributed by atoms with Gasteiger partial charge in [-0.05, 0) is 11.6 Å². The van der Waals surface area contributed by atoms with Crippen LogP contribution in [0.1, 0.15) is 5.56 Å². The number of aliphatic hydroxyl groups is 1. The van der Waals surface area contributed by atoms with Crippen LogP contribution in [0.4, 0.5) is 0 Å². The zero-order valence-corrected chi connectivity index (χ0v) is 13.0. The normalized spacial score (nSPS) is 15.5. The van der Waals surface area contributed by atoms with Crippen LogP contribution in [0.25, 0.3) is 11.4 Å². The molecule has 23 heavy (non-hydrogen) atoms. The average Bonchev–Trinajstić information content (AvgIpc) is 2.63. The molecule has 1 N–H and O–H groups in total. The van der Waals surface area contributed by atoms with Crippen molar-refractivity contribution in [3.8, 4) is 17.1 Å². The van der Waals surface area contributed by atoms with E-state index in [0.29, 0.717) is 18.2 Å². The molecule has 1 aromatic heterocycles. The predicted molar refractivity (Wildman–Crippen MR) is 86.1 cm³/mol. The van der Waals surface area contributed by atoms with Crippen LogP contribution in [-0.4, -0.2) is 59.4 Å². The minimum Gasteiger partial charge on any atom is -0.489 e. The fourth-order valence-electron chi connectivity index (χ4n) is 2.47. The molecule has 0 spiro atoms. The van der Waals surface area contributed by atoms with E-state index in [9.17, 15) is 5.11 Å². The third kappa shape index (κ3) is 4.48.